The molecular weight excluding hydrogens is 456 g/mol. The van der Waals surface area contributed by atoms with Crippen molar-refractivity contribution >= 4 is 40.8 Å². The quantitative estimate of drug-likeness (QED) is 0.386. The number of benzene rings is 3. The number of hydrogen-bond acceptors (Lipinski definition) is 5. The van der Waals surface area contributed by atoms with Crippen molar-refractivity contribution < 1.29 is 23.9 Å². The molecule has 0 unspecified atom stereocenters. The zero-order chi connectivity index (χ0) is 24.5. The van der Waals surface area contributed by atoms with E-state index in [0.717, 1.165) is 11.1 Å². The number of aryl methyl sites for hydroxylation is 2. The van der Waals surface area contributed by atoms with Crippen LogP contribution in [-0.2, 0) is 19.1 Å². The minimum atomic E-state index is -0.630. The van der Waals surface area contributed by atoms with Crippen molar-refractivity contribution in [3.05, 3.63) is 82.9 Å². The number of para-hydroxylation sites is 1. The molecule has 3 aromatic rings. The van der Waals surface area contributed by atoms with Gasteiger partial charge in [0.15, 0.2) is 6.61 Å². The third-order valence-corrected chi connectivity index (χ3v) is 5.09. The smallest absolute Gasteiger partial charge is 0.306 e. The Kier molecular flexibility index (Phi) is 8.65. The number of amides is 2. The molecule has 0 radical (unpaired) electrons. The van der Waals surface area contributed by atoms with E-state index in [1.54, 1.807) is 42.5 Å². The van der Waals surface area contributed by atoms with Gasteiger partial charge in [0.05, 0.1) is 11.4 Å². The number of rotatable bonds is 9. The Labute approximate surface area is 203 Å². The van der Waals surface area contributed by atoms with Gasteiger partial charge in [-0.3, -0.25) is 14.4 Å². The van der Waals surface area contributed by atoms with Crippen LogP contribution in [0.4, 0.5) is 11.4 Å². The summed E-state index contributed by atoms with van der Waals surface area (Å²) < 4.78 is 10.7. The van der Waals surface area contributed by atoms with Crippen LogP contribution in [0.15, 0.2) is 66.7 Å². The van der Waals surface area contributed by atoms with Crippen LogP contribution in [-0.4, -0.2) is 24.4 Å². The molecule has 0 saturated heterocycles. The average molecular weight is 481 g/mol. The molecule has 0 heterocycles. The fraction of sp³-hybridized carbons (Fsp3) is 0.192. The van der Waals surface area contributed by atoms with Crippen molar-refractivity contribution in [3.63, 3.8) is 0 Å². The van der Waals surface area contributed by atoms with Gasteiger partial charge in [0.25, 0.3) is 5.91 Å². The van der Waals surface area contributed by atoms with Crippen LogP contribution in [0.1, 0.15) is 24.0 Å². The van der Waals surface area contributed by atoms with E-state index in [1.165, 1.54) is 0 Å². The van der Waals surface area contributed by atoms with E-state index < -0.39 is 18.5 Å². The van der Waals surface area contributed by atoms with E-state index in [4.69, 9.17) is 21.1 Å². The lowest BCUT2D eigenvalue weighted by atomic mass is 10.1. The van der Waals surface area contributed by atoms with Crippen molar-refractivity contribution in [1.29, 1.82) is 0 Å². The van der Waals surface area contributed by atoms with E-state index in [9.17, 15) is 14.4 Å². The maximum Gasteiger partial charge on any atom is 0.306 e. The first-order valence-corrected chi connectivity index (χ1v) is 11.0. The van der Waals surface area contributed by atoms with Gasteiger partial charge in [0.2, 0.25) is 5.91 Å². The third kappa shape index (κ3) is 7.64. The highest BCUT2D eigenvalue weighted by Gasteiger charge is 2.12. The summed E-state index contributed by atoms with van der Waals surface area (Å²) >= 11 is 6.08. The standard InChI is InChI=1S/C26H25ClN2O5/c1-17-7-12-22(18(2)15-17)29-25(31)16-33-26(32)14-13-24(30)28-19-8-10-20(11-9-19)34-23-6-4-3-5-21(23)27/h3-12,15H,13-14,16H2,1-2H3,(H,28,30)(H,29,31). The van der Waals surface area contributed by atoms with E-state index in [2.05, 4.69) is 10.6 Å². The lowest BCUT2D eigenvalue weighted by Crippen LogP contribution is -2.22. The molecule has 0 aliphatic carbocycles. The number of ether oxygens (including phenoxy) is 2. The molecule has 0 bridgehead atoms. The Morgan fingerprint density at radius 3 is 2.29 bits per heavy atom. The van der Waals surface area contributed by atoms with Crippen LogP contribution in [0.5, 0.6) is 11.5 Å². The van der Waals surface area contributed by atoms with Crippen LogP contribution >= 0.6 is 11.6 Å². The van der Waals surface area contributed by atoms with Crippen LogP contribution in [0, 0.1) is 13.8 Å². The molecule has 0 aliphatic heterocycles. The van der Waals surface area contributed by atoms with Gasteiger partial charge in [-0.15, -0.1) is 0 Å². The summed E-state index contributed by atoms with van der Waals surface area (Å²) in [7, 11) is 0. The van der Waals surface area contributed by atoms with Gasteiger partial charge < -0.3 is 20.1 Å². The number of carbonyl (C=O) groups is 3. The molecule has 2 N–H and O–H groups in total. The van der Waals surface area contributed by atoms with Crippen LogP contribution < -0.4 is 15.4 Å². The first-order valence-electron chi connectivity index (χ1n) is 10.6. The van der Waals surface area contributed by atoms with E-state index in [-0.39, 0.29) is 18.7 Å². The summed E-state index contributed by atoms with van der Waals surface area (Å²) in [5.74, 6) is -0.328. The van der Waals surface area contributed by atoms with Crippen LogP contribution in [0.25, 0.3) is 0 Å². The monoisotopic (exact) mass is 480 g/mol. The largest absolute Gasteiger partial charge is 0.456 e. The van der Waals surface area contributed by atoms with Crippen LogP contribution in [0.2, 0.25) is 5.02 Å². The third-order valence-electron chi connectivity index (χ3n) is 4.78. The average Bonchev–Trinajstić information content (AvgIpc) is 2.81. The van der Waals surface area contributed by atoms with E-state index in [1.807, 2.05) is 38.1 Å². The highest BCUT2D eigenvalue weighted by molar-refractivity contribution is 6.32. The van der Waals surface area contributed by atoms with Crippen molar-refractivity contribution in [3.8, 4) is 11.5 Å². The number of carbonyl (C=O) groups excluding carboxylic acids is 3. The Hall–Kier alpha value is -3.84. The van der Waals surface area contributed by atoms with Gasteiger partial charge in [-0.25, -0.2) is 0 Å². The number of anilines is 2. The zero-order valence-corrected chi connectivity index (χ0v) is 19.6. The van der Waals surface area contributed by atoms with Crippen molar-refractivity contribution in [2.24, 2.45) is 0 Å². The topological polar surface area (TPSA) is 93.7 Å². The molecule has 0 aromatic heterocycles. The fourth-order valence-electron chi connectivity index (χ4n) is 3.06. The number of nitrogens with one attached hydrogen (secondary N) is 2. The summed E-state index contributed by atoms with van der Waals surface area (Å²) in [5, 5.41) is 5.90. The lowest BCUT2D eigenvalue weighted by Gasteiger charge is -2.10. The van der Waals surface area contributed by atoms with Gasteiger partial charge in [0.1, 0.15) is 11.5 Å². The van der Waals surface area contributed by atoms with Crippen LogP contribution in [0.3, 0.4) is 0 Å². The minimum absolute atomic E-state index is 0.0740. The normalized spacial score (nSPS) is 10.3. The summed E-state index contributed by atoms with van der Waals surface area (Å²) in [6.07, 6.45) is -0.216. The molecule has 8 heteroatoms. The highest BCUT2D eigenvalue weighted by Crippen LogP contribution is 2.29. The first-order chi connectivity index (χ1) is 16.3. The zero-order valence-electron chi connectivity index (χ0n) is 18.9. The molecule has 3 aromatic carbocycles. The predicted molar refractivity (Wildman–Crippen MR) is 131 cm³/mol. The van der Waals surface area contributed by atoms with E-state index in [0.29, 0.717) is 27.9 Å². The Balaban J connectivity index is 1.38. The molecule has 0 saturated carbocycles. The molecular formula is C26H25ClN2O5. The molecule has 0 atom stereocenters. The second-order valence-electron chi connectivity index (χ2n) is 7.63. The lowest BCUT2D eigenvalue weighted by molar-refractivity contribution is -0.147. The summed E-state index contributed by atoms with van der Waals surface area (Å²) in [6.45, 7) is 3.43. The fourth-order valence-corrected chi connectivity index (χ4v) is 3.23. The molecule has 3 rings (SSSR count). The Morgan fingerprint density at radius 1 is 0.853 bits per heavy atom. The van der Waals surface area contributed by atoms with Crippen molar-refractivity contribution in [1.82, 2.24) is 0 Å². The number of esters is 1. The predicted octanol–water partition coefficient (Wildman–Crippen LogP) is 5.65. The number of halogens is 1. The molecule has 0 spiro atoms. The highest BCUT2D eigenvalue weighted by atomic mass is 35.5. The molecule has 34 heavy (non-hydrogen) atoms. The van der Waals surface area contributed by atoms with Gasteiger partial charge in [-0.1, -0.05) is 41.4 Å². The first kappa shape index (κ1) is 24.8. The molecule has 0 aliphatic rings. The van der Waals surface area contributed by atoms with E-state index >= 15 is 0 Å². The number of hydrogen-bond donors (Lipinski definition) is 2. The minimum Gasteiger partial charge on any atom is -0.456 e. The maximum atomic E-state index is 12.1. The summed E-state index contributed by atoms with van der Waals surface area (Å²) in [4.78, 5) is 36.0. The van der Waals surface area contributed by atoms with Gasteiger partial charge in [-0.2, -0.15) is 0 Å². The summed E-state index contributed by atoms with van der Waals surface area (Å²) in [5.41, 5.74) is 3.22. The van der Waals surface area contributed by atoms with Crippen molar-refractivity contribution in [2.75, 3.05) is 17.2 Å². The molecule has 0 fully saturated rings. The molecule has 176 valence electrons. The van der Waals surface area contributed by atoms with Crippen molar-refractivity contribution in [2.45, 2.75) is 26.7 Å². The molecule has 7 nitrogen and oxygen atoms in total. The van der Waals surface area contributed by atoms with Gasteiger partial charge in [-0.05, 0) is 61.9 Å². The Bertz CT molecular complexity index is 1180. The second-order valence-corrected chi connectivity index (χ2v) is 8.04. The summed E-state index contributed by atoms with van der Waals surface area (Å²) in [6, 6.07) is 19.5. The Morgan fingerprint density at radius 2 is 1.59 bits per heavy atom. The SMILES string of the molecule is Cc1ccc(NC(=O)COC(=O)CCC(=O)Nc2ccc(Oc3ccccc3Cl)cc2)c(C)c1. The second kappa shape index (κ2) is 11.9. The van der Waals surface area contributed by atoms with Gasteiger partial charge in [0, 0.05) is 17.8 Å². The molecule has 2 amide bonds. The van der Waals surface area contributed by atoms with Gasteiger partial charge >= 0.3 is 5.97 Å². The maximum absolute atomic E-state index is 12.1.